The number of nitriles is 2. The van der Waals surface area contributed by atoms with Gasteiger partial charge < -0.3 is 24.9 Å². The number of quaternary nitrogens is 1. The summed E-state index contributed by atoms with van der Waals surface area (Å²) in [5, 5.41) is 29.3. The van der Waals surface area contributed by atoms with E-state index >= 15 is 0 Å². The first kappa shape index (κ1) is 26.5. The lowest BCUT2D eigenvalue weighted by atomic mass is 9.93. The van der Waals surface area contributed by atoms with E-state index in [1.165, 1.54) is 0 Å². The summed E-state index contributed by atoms with van der Waals surface area (Å²) in [6.45, 7) is 0. The summed E-state index contributed by atoms with van der Waals surface area (Å²) in [5.41, 5.74) is -1.07. The summed E-state index contributed by atoms with van der Waals surface area (Å²) in [7, 11) is 7.22. The molecule has 28 heavy (non-hydrogen) atoms. The predicted molar refractivity (Wildman–Crippen MR) is 97.2 cm³/mol. The van der Waals surface area contributed by atoms with E-state index in [2.05, 4.69) is 14.2 Å². The summed E-state index contributed by atoms with van der Waals surface area (Å²) in [4.78, 5) is 34.5. The van der Waals surface area contributed by atoms with Crippen molar-refractivity contribution < 1.29 is 33.9 Å². The molecule has 0 aliphatic heterocycles. The summed E-state index contributed by atoms with van der Waals surface area (Å²) in [6.07, 6.45) is 1.50. The van der Waals surface area contributed by atoms with Crippen molar-refractivity contribution in [2.24, 2.45) is 5.92 Å². The van der Waals surface area contributed by atoms with Gasteiger partial charge in [0.15, 0.2) is 0 Å². The first-order chi connectivity index (χ1) is 13.3. The van der Waals surface area contributed by atoms with E-state index in [1.807, 2.05) is 19.4 Å². The molecule has 0 aliphatic rings. The number of rotatable bonds is 7. The first-order valence-electron chi connectivity index (χ1n) is 7.77. The van der Waals surface area contributed by atoms with Crippen LogP contribution in [0.2, 0.25) is 0 Å². The van der Waals surface area contributed by atoms with Gasteiger partial charge in [0.1, 0.15) is 11.6 Å². The molecular formula is C18H22N4O6. The van der Waals surface area contributed by atoms with Crippen LogP contribution in [0.4, 0.5) is 0 Å². The monoisotopic (exact) mass is 390 g/mol. The molecular weight excluding hydrogens is 368 g/mol. The van der Waals surface area contributed by atoms with Crippen molar-refractivity contribution in [1.29, 1.82) is 10.5 Å². The molecule has 0 aliphatic carbocycles. The van der Waals surface area contributed by atoms with Gasteiger partial charge >= 0.3 is 17.9 Å². The Hall–Kier alpha value is -3.72. The molecule has 0 heterocycles. The van der Waals surface area contributed by atoms with E-state index < -0.39 is 41.4 Å². The number of hydrogen-bond acceptors (Lipinski definition) is 8. The number of carbonyl (C=O) groups is 3. The normalized spacial score (nSPS) is 11.2. The van der Waals surface area contributed by atoms with Crippen LogP contribution in [-0.2, 0) is 28.6 Å². The minimum Gasteiger partial charge on any atom is -0.763 e. The highest BCUT2D eigenvalue weighted by molar-refractivity contribution is 6.02. The van der Waals surface area contributed by atoms with Gasteiger partial charge in [-0.2, -0.15) is 10.5 Å². The van der Waals surface area contributed by atoms with Crippen molar-refractivity contribution in [2.75, 3.05) is 35.4 Å². The second-order valence-corrected chi connectivity index (χ2v) is 4.86. The van der Waals surface area contributed by atoms with Crippen molar-refractivity contribution in [3.8, 4) is 12.1 Å². The lowest BCUT2D eigenvalue weighted by Crippen LogP contribution is -2.74. The molecule has 0 fully saturated rings. The van der Waals surface area contributed by atoms with Gasteiger partial charge in [0, 0.05) is 0 Å². The Balaban J connectivity index is 0. The van der Waals surface area contributed by atoms with E-state index in [1.54, 1.807) is 18.0 Å². The number of allylic oxidation sites excluding steroid dienone is 2. The molecule has 0 rings (SSSR count). The molecule has 1 unspecified atom stereocenters. The van der Waals surface area contributed by atoms with Gasteiger partial charge in [-0.15, -0.1) is 0 Å². The van der Waals surface area contributed by atoms with Gasteiger partial charge in [-0.1, -0.05) is 0 Å². The van der Waals surface area contributed by atoms with Gasteiger partial charge in [0.05, 0.1) is 59.4 Å². The quantitative estimate of drug-likeness (QED) is 0.150. The largest absolute Gasteiger partial charge is 0.763 e. The Morgan fingerprint density at radius 1 is 1.04 bits per heavy atom. The zero-order valence-electron chi connectivity index (χ0n) is 16.3. The van der Waals surface area contributed by atoms with Crippen LogP contribution in [0, 0.1) is 28.6 Å². The van der Waals surface area contributed by atoms with E-state index in [4.69, 9.17) is 10.7 Å². The third-order valence-electron chi connectivity index (χ3n) is 2.83. The van der Waals surface area contributed by atoms with Crippen LogP contribution >= 0.6 is 0 Å². The maximum atomic E-state index is 11.5. The number of nitrogens with zero attached hydrogens (tertiary/aromatic N) is 3. The first-order valence-corrected chi connectivity index (χ1v) is 7.77. The molecule has 150 valence electrons. The molecule has 1 atom stereocenters. The van der Waals surface area contributed by atoms with Gasteiger partial charge in [-0.25, -0.2) is 9.59 Å². The van der Waals surface area contributed by atoms with E-state index in [0.717, 1.165) is 33.5 Å². The number of carbonyl (C=O) groups excluding carboxylic acids is 3. The highest BCUT2D eigenvalue weighted by Crippen LogP contribution is 2.21. The van der Waals surface area contributed by atoms with E-state index in [9.17, 15) is 19.6 Å². The number of nitrogens with two attached hydrogens (primary N) is 1. The van der Waals surface area contributed by atoms with Gasteiger partial charge in [-0.05, 0) is 17.7 Å². The van der Waals surface area contributed by atoms with Crippen molar-refractivity contribution >= 4 is 23.8 Å². The van der Waals surface area contributed by atoms with Crippen molar-refractivity contribution in [3.05, 3.63) is 34.3 Å². The fourth-order valence-electron chi connectivity index (χ4n) is 1.56. The SMILES string of the molecule is COC(=O)CC(C#N)C(/C=C(\C#N)C(=O)OC)=C/C(=C=[N-])C(=O)OC.C[NH2+]C. The van der Waals surface area contributed by atoms with Crippen LogP contribution in [-0.4, -0.2) is 59.2 Å². The van der Waals surface area contributed by atoms with Crippen molar-refractivity contribution in [1.82, 2.24) is 0 Å². The average Bonchev–Trinajstić information content (AvgIpc) is 2.71. The average molecular weight is 390 g/mol. The Bertz CT molecular complexity index is 764. The fourth-order valence-corrected chi connectivity index (χ4v) is 1.56. The Kier molecular flexibility index (Phi) is 14.7. The molecule has 0 aromatic rings. The second kappa shape index (κ2) is 15.5. The fraction of sp³-hybridized carbons (Fsp3) is 0.389. The van der Waals surface area contributed by atoms with Gasteiger partial charge in [0.2, 0.25) is 0 Å². The zero-order chi connectivity index (χ0) is 22.1. The van der Waals surface area contributed by atoms with Crippen LogP contribution in [0.1, 0.15) is 6.42 Å². The van der Waals surface area contributed by atoms with Crippen LogP contribution in [0.5, 0.6) is 0 Å². The Morgan fingerprint density at radius 3 is 1.93 bits per heavy atom. The molecule has 2 N–H and O–H groups in total. The standard InChI is InChI=1S/C16H14N3O6.C2H7N/c1-23-14(20)6-11(7-17)10(4-12(8-18)15(21)24-2)5-13(9-19)16(22)25-3;1-3-2/h4-5,11H,6H2,1-3H3;3H,1-2H3/q-1;/p+1/b10-4+,13-5+;. The summed E-state index contributed by atoms with van der Waals surface area (Å²) >= 11 is 0. The van der Waals surface area contributed by atoms with Crippen LogP contribution in [0.25, 0.3) is 5.41 Å². The van der Waals surface area contributed by atoms with Crippen molar-refractivity contribution in [3.63, 3.8) is 0 Å². The maximum Gasteiger partial charge on any atom is 0.348 e. The van der Waals surface area contributed by atoms with Crippen LogP contribution < -0.4 is 5.32 Å². The van der Waals surface area contributed by atoms with Gasteiger partial charge in [-0.3, -0.25) is 10.7 Å². The lowest BCUT2D eigenvalue weighted by Gasteiger charge is -2.11. The predicted octanol–water partition coefficient (Wildman–Crippen LogP) is -0.613. The maximum absolute atomic E-state index is 11.5. The molecule has 0 bridgehead atoms. The number of hydrogen-bond donors (Lipinski definition) is 1. The molecule has 0 spiro atoms. The minimum atomic E-state index is -1.19. The molecule has 10 nitrogen and oxygen atoms in total. The summed E-state index contributed by atoms with van der Waals surface area (Å²) < 4.78 is 13.3. The number of ether oxygens (including phenoxy) is 3. The smallest absolute Gasteiger partial charge is 0.348 e. The second-order valence-electron chi connectivity index (χ2n) is 4.86. The Morgan fingerprint density at radius 2 is 1.57 bits per heavy atom. The Labute approximate surface area is 163 Å². The van der Waals surface area contributed by atoms with E-state index in [-0.39, 0.29) is 5.57 Å². The highest BCUT2D eigenvalue weighted by atomic mass is 16.5. The lowest BCUT2D eigenvalue weighted by molar-refractivity contribution is -0.597. The van der Waals surface area contributed by atoms with Gasteiger partial charge in [0.25, 0.3) is 0 Å². The van der Waals surface area contributed by atoms with E-state index in [0.29, 0.717) is 0 Å². The third kappa shape index (κ3) is 9.68. The van der Waals surface area contributed by atoms with Crippen LogP contribution in [0.3, 0.4) is 0 Å². The zero-order valence-corrected chi connectivity index (χ0v) is 16.3. The molecule has 0 saturated heterocycles. The molecule has 0 amide bonds. The highest BCUT2D eigenvalue weighted by Gasteiger charge is 2.21. The molecule has 0 saturated carbocycles. The topological polar surface area (TPSA) is 165 Å². The molecule has 0 aromatic carbocycles. The number of esters is 3. The molecule has 10 heteroatoms. The molecule has 0 aromatic heterocycles. The van der Waals surface area contributed by atoms with Crippen LogP contribution in [0.15, 0.2) is 28.9 Å². The molecule has 0 radical (unpaired) electrons. The third-order valence-corrected chi connectivity index (χ3v) is 2.83. The summed E-state index contributed by atoms with van der Waals surface area (Å²) in [6, 6.07) is 3.37. The summed E-state index contributed by atoms with van der Waals surface area (Å²) in [5.74, 6) is -2.32. The minimum absolute atomic E-state index is 0.100. The number of methoxy groups -OCH3 is 3. The van der Waals surface area contributed by atoms with Crippen molar-refractivity contribution in [2.45, 2.75) is 6.42 Å².